The van der Waals surface area contributed by atoms with Crippen LogP contribution in [0, 0.1) is 5.41 Å². The summed E-state index contributed by atoms with van der Waals surface area (Å²) in [7, 11) is 4.54. The summed E-state index contributed by atoms with van der Waals surface area (Å²) in [5.41, 5.74) is 6.82. The van der Waals surface area contributed by atoms with Gasteiger partial charge >= 0.3 is 0 Å². The van der Waals surface area contributed by atoms with Crippen LogP contribution in [0.1, 0.15) is 46.0 Å². The number of likely N-dealkylation sites (tertiary alicyclic amines) is 1. The maximum absolute atomic E-state index is 6.51. The van der Waals surface area contributed by atoms with E-state index < -0.39 is 0 Å². The lowest BCUT2D eigenvalue weighted by atomic mass is 9.71. The quantitative estimate of drug-likeness (QED) is 0.834. The van der Waals surface area contributed by atoms with Crippen LogP contribution in [0.3, 0.4) is 0 Å². The van der Waals surface area contributed by atoms with Gasteiger partial charge in [0.1, 0.15) is 0 Å². The highest BCUT2D eigenvalue weighted by atomic mass is 15.2. The summed E-state index contributed by atoms with van der Waals surface area (Å²) in [5.74, 6) is 0. The van der Waals surface area contributed by atoms with Gasteiger partial charge in [0.2, 0.25) is 0 Å². The van der Waals surface area contributed by atoms with Crippen LogP contribution in [0.15, 0.2) is 0 Å². The van der Waals surface area contributed by atoms with Crippen molar-refractivity contribution in [3.63, 3.8) is 0 Å². The fraction of sp³-hybridized carbons (Fsp3) is 1.00. The van der Waals surface area contributed by atoms with Gasteiger partial charge in [0.15, 0.2) is 0 Å². The van der Waals surface area contributed by atoms with Crippen molar-refractivity contribution in [3.8, 4) is 0 Å². The van der Waals surface area contributed by atoms with E-state index in [4.69, 9.17) is 5.73 Å². The van der Waals surface area contributed by atoms with Gasteiger partial charge in [0, 0.05) is 24.7 Å². The normalized spacial score (nSPS) is 37.3. The molecular weight excluding hydrogens is 222 g/mol. The number of hydrogen-bond donors (Lipinski definition) is 1. The smallest absolute Gasteiger partial charge is 0.0250 e. The summed E-state index contributed by atoms with van der Waals surface area (Å²) in [6.07, 6.45) is 6.60. The van der Waals surface area contributed by atoms with Crippen molar-refractivity contribution in [3.05, 3.63) is 0 Å². The van der Waals surface area contributed by atoms with E-state index in [2.05, 4.69) is 37.7 Å². The van der Waals surface area contributed by atoms with Crippen LogP contribution in [0.25, 0.3) is 0 Å². The van der Waals surface area contributed by atoms with Crippen molar-refractivity contribution in [2.45, 2.75) is 64.1 Å². The summed E-state index contributed by atoms with van der Waals surface area (Å²) in [4.78, 5) is 5.05. The van der Waals surface area contributed by atoms with Gasteiger partial charge in [-0.1, -0.05) is 20.3 Å². The molecule has 106 valence electrons. The number of rotatable bonds is 3. The highest BCUT2D eigenvalue weighted by molar-refractivity contribution is 4.96. The molecular formula is C15H31N3. The van der Waals surface area contributed by atoms with Crippen LogP contribution in [0.4, 0.5) is 0 Å². The number of hydrogen-bond acceptors (Lipinski definition) is 3. The molecule has 0 amide bonds. The van der Waals surface area contributed by atoms with Crippen molar-refractivity contribution in [1.82, 2.24) is 9.80 Å². The Kier molecular flexibility index (Phi) is 4.35. The lowest BCUT2D eigenvalue weighted by Crippen LogP contribution is -2.57. The Hall–Kier alpha value is -0.120. The molecule has 0 spiro atoms. The highest BCUT2D eigenvalue weighted by Gasteiger charge is 2.38. The monoisotopic (exact) mass is 253 g/mol. The zero-order valence-corrected chi connectivity index (χ0v) is 12.7. The van der Waals surface area contributed by atoms with Gasteiger partial charge in [-0.05, 0) is 51.7 Å². The third kappa shape index (κ3) is 2.89. The summed E-state index contributed by atoms with van der Waals surface area (Å²) >= 11 is 0. The zero-order chi connectivity index (χ0) is 13.3. The molecule has 0 aromatic rings. The van der Waals surface area contributed by atoms with E-state index in [-0.39, 0.29) is 0 Å². The van der Waals surface area contributed by atoms with Crippen LogP contribution in [-0.2, 0) is 0 Å². The highest BCUT2D eigenvalue weighted by Crippen LogP contribution is 2.36. The van der Waals surface area contributed by atoms with E-state index in [1.54, 1.807) is 0 Å². The first-order valence-electron chi connectivity index (χ1n) is 7.58. The summed E-state index contributed by atoms with van der Waals surface area (Å²) in [6, 6.07) is 1.64. The van der Waals surface area contributed by atoms with Crippen molar-refractivity contribution < 1.29 is 0 Å². The van der Waals surface area contributed by atoms with Gasteiger partial charge in [-0.3, -0.25) is 0 Å². The van der Waals surface area contributed by atoms with Gasteiger partial charge in [0.25, 0.3) is 0 Å². The SMILES string of the molecule is CN1CCCC1CN(C)C1CCCC(C)(C)C1N. The fourth-order valence-corrected chi connectivity index (χ4v) is 3.81. The molecule has 1 aliphatic heterocycles. The molecule has 2 N–H and O–H groups in total. The minimum atomic E-state index is 0.304. The topological polar surface area (TPSA) is 32.5 Å². The first-order valence-corrected chi connectivity index (χ1v) is 7.58. The van der Waals surface area contributed by atoms with E-state index in [0.29, 0.717) is 17.5 Å². The summed E-state index contributed by atoms with van der Waals surface area (Å²) in [6.45, 7) is 7.12. The molecule has 0 bridgehead atoms. The Morgan fingerprint density at radius 1 is 1.28 bits per heavy atom. The van der Waals surface area contributed by atoms with E-state index in [1.807, 2.05) is 0 Å². The van der Waals surface area contributed by atoms with Crippen LogP contribution in [0.2, 0.25) is 0 Å². The van der Waals surface area contributed by atoms with Gasteiger partial charge in [-0.2, -0.15) is 0 Å². The second-order valence-corrected chi connectivity index (χ2v) is 7.19. The molecule has 1 saturated heterocycles. The number of nitrogens with zero attached hydrogens (tertiary/aromatic N) is 2. The largest absolute Gasteiger partial charge is 0.326 e. The zero-order valence-electron chi connectivity index (χ0n) is 12.7. The lowest BCUT2D eigenvalue weighted by Gasteiger charge is -2.46. The molecule has 3 nitrogen and oxygen atoms in total. The molecule has 1 heterocycles. The third-order valence-corrected chi connectivity index (χ3v) is 5.37. The van der Waals surface area contributed by atoms with Crippen LogP contribution in [0.5, 0.6) is 0 Å². The van der Waals surface area contributed by atoms with Gasteiger partial charge in [-0.25, -0.2) is 0 Å². The Morgan fingerprint density at radius 2 is 2.00 bits per heavy atom. The minimum Gasteiger partial charge on any atom is -0.326 e. The second kappa shape index (κ2) is 5.48. The molecule has 0 aromatic heterocycles. The Morgan fingerprint density at radius 3 is 2.61 bits per heavy atom. The molecule has 2 fully saturated rings. The van der Waals surface area contributed by atoms with Crippen molar-refractivity contribution >= 4 is 0 Å². The van der Waals surface area contributed by atoms with Crippen molar-refractivity contribution in [2.24, 2.45) is 11.1 Å². The molecule has 3 unspecified atom stereocenters. The van der Waals surface area contributed by atoms with Crippen LogP contribution < -0.4 is 5.73 Å². The number of nitrogens with two attached hydrogens (primary N) is 1. The molecule has 18 heavy (non-hydrogen) atoms. The van der Waals surface area contributed by atoms with Gasteiger partial charge in [-0.15, -0.1) is 0 Å². The summed E-state index contributed by atoms with van der Waals surface area (Å²) < 4.78 is 0. The van der Waals surface area contributed by atoms with Gasteiger partial charge in [0.05, 0.1) is 0 Å². The van der Waals surface area contributed by atoms with Gasteiger partial charge < -0.3 is 15.5 Å². The van der Waals surface area contributed by atoms with Crippen LogP contribution in [-0.4, -0.2) is 55.1 Å². The Labute approximate surface area is 113 Å². The number of likely N-dealkylation sites (N-methyl/N-ethyl adjacent to an activating group) is 2. The molecule has 3 atom stereocenters. The Balaban J connectivity index is 1.93. The van der Waals surface area contributed by atoms with E-state index in [0.717, 1.165) is 6.04 Å². The van der Waals surface area contributed by atoms with E-state index in [1.165, 1.54) is 45.2 Å². The Bertz CT molecular complexity index is 277. The van der Waals surface area contributed by atoms with E-state index in [9.17, 15) is 0 Å². The molecule has 1 saturated carbocycles. The first kappa shape index (κ1) is 14.3. The van der Waals surface area contributed by atoms with Crippen molar-refractivity contribution in [1.29, 1.82) is 0 Å². The fourth-order valence-electron chi connectivity index (χ4n) is 3.81. The standard InChI is InChI=1S/C15H31N3/c1-15(2)9-5-8-13(14(15)16)18(4)11-12-7-6-10-17(12)3/h12-14H,5-11,16H2,1-4H3. The maximum atomic E-state index is 6.51. The first-order chi connectivity index (χ1) is 8.42. The average molecular weight is 253 g/mol. The molecule has 3 heteroatoms. The summed E-state index contributed by atoms with van der Waals surface area (Å²) in [5, 5.41) is 0. The molecule has 2 rings (SSSR count). The molecule has 1 aliphatic carbocycles. The lowest BCUT2D eigenvalue weighted by molar-refractivity contribution is 0.0707. The predicted octanol–water partition coefficient (Wildman–Crippen LogP) is 1.92. The minimum absolute atomic E-state index is 0.304. The van der Waals surface area contributed by atoms with Crippen LogP contribution >= 0.6 is 0 Å². The van der Waals surface area contributed by atoms with Crippen molar-refractivity contribution in [2.75, 3.05) is 27.2 Å². The predicted molar refractivity (Wildman–Crippen MR) is 77.7 cm³/mol. The third-order valence-electron chi connectivity index (χ3n) is 5.37. The second-order valence-electron chi connectivity index (χ2n) is 7.19. The van der Waals surface area contributed by atoms with E-state index >= 15 is 0 Å². The average Bonchev–Trinajstić information content (AvgIpc) is 2.68. The molecule has 0 radical (unpaired) electrons. The molecule has 2 aliphatic rings. The molecule has 0 aromatic carbocycles. The maximum Gasteiger partial charge on any atom is 0.0250 e.